The van der Waals surface area contributed by atoms with Gasteiger partial charge in [-0.3, -0.25) is 0 Å². The summed E-state index contributed by atoms with van der Waals surface area (Å²) in [5.41, 5.74) is -0.868. The lowest BCUT2D eigenvalue weighted by Crippen LogP contribution is -2.57. The predicted octanol–water partition coefficient (Wildman–Crippen LogP) is 4.23. The van der Waals surface area contributed by atoms with Crippen LogP contribution < -0.4 is 0 Å². The SMILES string of the molecule is CC1(c2nnc(C(F)(F)F)o2)C=CC(CN(C(=O)N2CCS(=O)(=O)CC2)C2(C)C=CC(Cl)=CC2)=CC1. The molecule has 3 aliphatic rings. The van der Waals surface area contributed by atoms with Gasteiger partial charge in [0.2, 0.25) is 5.89 Å². The van der Waals surface area contributed by atoms with Gasteiger partial charge < -0.3 is 14.2 Å². The van der Waals surface area contributed by atoms with Crippen LogP contribution in [0.5, 0.6) is 0 Å². The molecule has 36 heavy (non-hydrogen) atoms. The first-order valence-electron chi connectivity index (χ1n) is 11.3. The minimum absolute atomic E-state index is 0.0874. The molecule has 2 amide bonds. The third kappa shape index (κ3) is 5.54. The number of urea groups is 1. The highest BCUT2D eigenvalue weighted by Gasteiger charge is 2.42. The monoisotopic (exact) mass is 546 g/mol. The number of halogens is 4. The van der Waals surface area contributed by atoms with Crippen molar-refractivity contribution in [2.24, 2.45) is 0 Å². The number of hydrogen-bond donors (Lipinski definition) is 0. The predicted molar refractivity (Wildman–Crippen MR) is 127 cm³/mol. The molecule has 0 aromatic carbocycles. The van der Waals surface area contributed by atoms with Gasteiger partial charge >= 0.3 is 18.1 Å². The lowest BCUT2D eigenvalue weighted by Gasteiger charge is -2.44. The zero-order valence-electron chi connectivity index (χ0n) is 19.8. The van der Waals surface area contributed by atoms with Crippen LogP contribution in [0.2, 0.25) is 0 Å². The molecule has 1 aromatic rings. The first-order valence-corrected chi connectivity index (χ1v) is 13.5. The quantitative estimate of drug-likeness (QED) is 0.561. The van der Waals surface area contributed by atoms with E-state index in [4.69, 9.17) is 16.0 Å². The van der Waals surface area contributed by atoms with Gasteiger partial charge in [0, 0.05) is 24.7 Å². The van der Waals surface area contributed by atoms with Crippen molar-refractivity contribution in [2.45, 2.75) is 43.8 Å². The van der Waals surface area contributed by atoms with Crippen LogP contribution >= 0.6 is 11.6 Å². The highest BCUT2D eigenvalue weighted by Crippen LogP contribution is 2.37. The van der Waals surface area contributed by atoms with E-state index in [1.807, 2.05) is 25.2 Å². The smallest absolute Gasteiger partial charge is 0.416 e. The Balaban J connectivity index is 1.54. The van der Waals surface area contributed by atoms with E-state index in [0.29, 0.717) is 17.9 Å². The average molecular weight is 547 g/mol. The molecule has 1 saturated heterocycles. The van der Waals surface area contributed by atoms with Crippen LogP contribution in [0.3, 0.4) is 0 Å². The number of carbonyl (C=O) groups excluding carboxylic acids is 1. The summed E-state index contributed by atoms with van der Waals surface area (Å²) < 4.78 is 67.3. The summed E-state index contributed by atoms with van der Waals surface area (Å²) in [6, 6.07) is -0.294. The Labute approximate surface area is 212 Å². The lowest BCUT2D eigenvalue weighted by molar-refractivity contribution is -0.157. The molecule has 13 heteroatoms. The van der Waals surface area contributed by atoms with Crippen molar-refractivity contribution < 1.29 is 30.8 Å². The molecule has 0 radical (unpaired) electrons. The minimum atomic E-state index is -4.73. The van der Waals surface area contributed by atoms with E-state index in [9.17, 15) is 26.4 Å². The number of alkyl halides is 3. The maximum Gasteiger partial charge on any atom is 0.470 e. The van der Waals surface area contributed by atoms with Crippen LogP contribution in [0, 0.1) is 0 Å². The van der Waals surface area contributed by atoms with Crippen molar-refractivity contribution in [1.82, 2.24) is 20.0 Å². The molecular formula is C23H26ClF3N4O4S. The number of nitrogens with zero attached hydrogens (tertiary/aromatic N) is 4. The Morgan fingerprint density at radius 1 is 1.14 bits per heavy atom. The maximum absolute atomic E-state index is 13.6. The first kappa shape index (κ1) is 26.5. The number of hydrogen-bond acceptors (Lipinski definition) is 6. The van der Waals surface area contributed by atoms with Gasteiger partial charge in [-0.1, -0.05) is 42.0 Å². The molecule has 8 nitrogen and oxygen atoms in total. The van der Waals surface area contributed by atoms with E-state index in [2.05, 4.69) is 10.2 Å². The molecule has 2 heterocycles. The summed E-state index contributed by atoms with van der Waals surface area (Å²) in [5.74, 6) is -1.72. The van der Waals surface area contributed by atoms with Crippen LogP contribution in [0.4, 0.5) is 18.0 Å². The number of sulfone groups is 1. The Kier molecular flexibility index (Phi) is 6.89. The van der Waals surface area contributed by atoms with E-state index in [1.165, 1.54) is 4.90 Å². The van der Waals surface area contributed by atoms with Gasteiger partial charge in [0.15, 0.2) is 9.84 Å². The summed E-state index contributed by atoms with van der Waals surface area (Å²) >= 11 is 6.10. The summed E-state index contributed by atoms with van der Waals surface area (Å²) in [6.45, 7) is 4.02. The second-order valence-corrected chi connectivity index (χ2v) is 12.4. The molecule has 1 fully saturated rings. The molecule has 0 bridgehead atoms. The van der Waals surface area contributed by atoms with Gasteiger partial charge in [0.1, 0.15) is 0 Å². The van der Waals surface area contributed by atoms with E-state index < -0.39 is 32.9 Å². The standard InChI is InChI=1S/C23H26ClF3N4O4S/c1-21(18-28-29-19(35-18)23(25,26)27)7-3-16(4-8-21)15-31(22(2)9-5-17(24)6-10-22)20(32)30-11-13-36(33,34)14-12-30/h3-7,9H,8,10-15H2,1-2H3. The van der Waals surface area contributed by atoms with Gasteiger partial charge in [-0.25, -0.2) is 13.2 Å². The van der Waals surface area contributed by atoms with Gasteiger partial charge in [0.05, 0.1) is 22.5 Å². The molecular weight excluding hydrogens is 521 g/mol. The third-order valence-corrected chi connectivity index (χ3v) is 8.61. The molecule has 1 aliphatic heterocycles. The van der Waals surface area contributed by atoms with Crippen LogP contribution in [-0.4, -0.2) is 71.1 Å². The van der Waals surface area contributed by atoms with Crippen molar-refractivity contribution in [2.75, 3.05) is 31.1 Å². The number of rotatable bonds is 4. The van der Waals surface area contributed by atoms with Crippen LogP contribution in [-0.2, 0) is 21.4 Å². The van der Waals surface area contributed by atoms with Gasteiger partial charge in [-0.2, -0.15) is 13.2 Å². The fourth-order valence-corrected chi connectivity index (χ4v) is 5.58. The molecule has 2 unspecified atom stereocenters. The average Bonchev–Trinajstić information content (AvgIpc) is 3.32. The van der Waals surface area contributed by atoms with Crippen molar-refractivity contribution >= 4 is 27.5 Å². The number of aromatic nitrogens is 2. The molecule has 0 saturated carbocycles. The zero-order valence-corrected chi connectivity index (χ0v) is 21.3. The lowest BCUT2D eigenvalue weighted by atomic mass is 9.81. The zero-order chi connectivity index (χ0) is 26.4. The third-order valence-electron chi connectivity index (χ3n) is 6.72. The Bertz CT molecular complexity index is 1260. The maximum atomic E-state index is 13.6. The van der Waals surface area contributed by atoms with E-state index in [1.54, 1.807) is 30.1 Å². The second kappa shape index (κ2) is 9.37. The second-order valence-electron chi connectivity index (χ2n) is 9.64. The van der Waals surface area contributed by atoms with Crippen molar-refractivity contribution in [3.05, 3.63) is 58.8 Å². The fourth-order valence-electron chi connectivity index (χ4n) is 4.24. The molecule has 0 N–H and O–H groups in total. The van der Waals surface area contributed by atoms with Crippen LogP contribution in [0.15, 0.2) is 51.5 Å². The largest absolute Gasteiger partial charge is 0.470 e. The Morgan fingerprint density at radius 2 is 1.83 bits per heavy atom. The highest BCUT2D eigenvalue weighted by atomic mass is 35.5. The van der Waals surface area contributed by atoms with E-state index in [0.717, 1.165) is 5.57 Å². The number of allylic oxidation sites excluding steroid dienone is 4. The summed E-state index contributed by atoms with van der Waals surface area (Å²) in [6.07, 6.45) is 6.69. The van der Waals surface area contributed by atoms with Crippen LogP contribution in [0.1, 0.15) is 38.5 Å². The molecule has 1 aromatic heterocycles. The number of amides is 2. The Hall–Kier alpha value is -2.60. The van der Waals surface area contributed by atoms with Gasteiger partial charge in [-0.15, -0.1) is 10.2 Å². The molecule has 4 rings (SSSR count). The Morgan fingerprint density at radius 3 is 2.36 bits per heavy atom. The molecule has 2 aliphatic carbocycles. The summed E-state index contributed by atoms with van der Waals surface area (Å²) in [5, 5.41) is 7.27. The number of carbonyl (C=O) groups is 1. The van der Waals surface area contributed by atoms with E-state index >= 15 is 0 Å². The normalized spacial score (nSPS) is 28.0. The van der Waals surface area contributed by atoms with Crippen molar-refractivity contribution in [1.29, 1.82) is 0 Å². The van der Waals surface area contributed by atoms with Crippen LogP contribution in [0.25, 0.3) is 0 Å². The fraction of sp³-hybridized carbons (Fsp3) is 0.522. The van der Waals surface area contributed by atoms with Crippen molar-refractivity contribution in [3.63, 3.8) is 0 Å². The highest BCUT2D eigenvalue weighted by molar-refractivity contribution is 7.91. The van der Waals surface area contributed by atoms with Gasteiger partial charge in [-0.05, 0) is 38.3 Å². The van der Waals surface area contributed by atoms with Crippen molar-refractivity contribution in [3.8, 4) is 0 Å². The van der Waals surface area contributed by atoms with E-state index in [-0.39, 0.29) is 43.1 Å². The summed E-state index contributed by atoms with van der Waals surface area (Å²) in [7, 11) is -3.16. The summed E-state index contributed by atoms with van der Waals surface area (Å²) in [4.78, 5) is 16.8. The first-order chi connectivity index (χ1) is 16.7. The molecule has 0 spiro atoms. The minimum Gasteiger partial charge on any atom is -0.416 e. The topological polar surface area (TPSA) is 96.6 Å². The molecule has 196 valence electrons. The molecule has 2 atom stereocenters. The van der Waals surface area contributed by atoms with Gasteiger partial charge in [0.25, 0.3) is 0 Å².